The molecule has 0 saturated heterocycles. The Bertz CT molecular complexity index is 165. The van der Waals surface area contributed by atoms with Crippen molar-refractivity contribution in [2.24, 2.45) is 5.84 Å². The summed E-state index contributed by atoms with van der Waals surface area (Å²) in [5, 5.41) is 0. The summed E-state index contributed by atoms with van der Waals surface area (Å²) in [7, 11) is 1.67. The third-order valence-corrected chi connectivity index (χ3v) is 1.30. The van der Waals surface area contributed by atoms with Crippen LogP contribution >= 0.6 is 0 Å². The summed E-state index contributed by atoms with van der Waals surface area (Å²) in [4.78, 5) is 12.8. The number of rotatable bonds is 3. The molecule has 0 saturated carbocycles. The number of nitrogens with one attached hydrogen (secondary N) is 1. The molecule has 0 fully saturated rings. The van der Waals surface area contributed by atoms with E-state index in [4.69, 9.17) is 10.6 Å². The maximum Gasteiger partial charge on any atom is 0.410 e. The second kappa shape index (κ2) is 5.04. The van der Waals surface area contributed by atoms with E-state index < -0.39 is 5.60 Å². The molecule has 5 heteroatoms. The Hall–Kier alpha value is -0.810. The zero-order valence-corrected chi connectivity index (χ0v) is 8.76. The molecule has 0 radical (unpaired) electrons. The lowest BCUT2D eigenvalue weighted by Crippen LogP contribution is -2.39. The van der Waals surface area contributed by atoms with E-state index in [2.05, 4.69) is 5.43 Å². The van der Waals surface area contributed by atoms with Crippen molar-refractivity contribution in [3.05, 3.63) is 0 Å². The van der Waals surface area contributed by atoms with Crippen LogP contribution in [0.2, 0.25) is 0 Å². The second-order valence-corrected chi connectivity index (χ2v) is 3.86. The number of ether oxygens (including phenoxy) is 1. The van der Waals surface area contributed by atoms with E-state index in [1.54, 1.807) is 7.05 Å². The molecule has 78 valence electrons. The number of hydrogen-bond acceptors (Lipinski definition) is 4. The monoisotopic (exact) mass is 189 g/mol. The Morgan fingerprint density at radius 2 is 2.08 bits per heavy atom. The van der Waals surface area contributed by atoms with Gasteiger partial charge < -0.3 is 9.64 Å². The molecule has 0 rings (SSSR count). The first kappa shape index (κ1) is 12.2. The van der Waals surface area contributed by atoms with Gasteiger partial charge in [-0.2, -0.15) is 0 Å². The highest BCUT2D eigenvalue weighted by atomic mass is 16.6. The molecule has 0 aromatic heterocycles. The third kappa shape index (κ3) is 6.36. The number of nitrogens with two attached hydrogens (primary N) is 1. The number of nitrogens with zero attached hydrogens (tertiary/aromatic N) is 1. The summed E-state index contributed by atoms with van der Waals surface area (Å²) in [6, 6.07) is 0. The molecule has 0 aliphatic carbocycles. The molecular weight excluding hydrogens is 170 g/mol. The van der Waals surface area contributed by atoms with Crippen LogP contribution in [0.1, 0.15) is 20.8 Å². The first-order chi connectivity index (χ1) is 5.87. The fourth-order valence-corrected chi connectivity index (χ4v) is 0.663. The van der Waals surface area contributed by atoms with Crippen LogP contribution in [-0.2, 0) is 4.74 Å². The molecule has 0 heterocycles. The van der Waals surface area contributed by atoms with Gasteiger partial charge >= 0.3 is 6.09 Å². The van der Waals surface area contributed by atoms with Gasteiger partial charge in [-0.15, -0.1) is 0 Å². The molecule has 0 aliphatic heterocycles. The van der Waals surface area contributed by atoms with Crippen LogP contribution in [0.3, 0.4) is 0 Å². The van der Waals surface area contributed by atoms with Crippen LogP contribution in [0, 0.1) is 0 Å². The van der Waals surface area contributed by atoms with Crippen LogP contribution in [0.25, 0.3) is 0 Å². The summed E-state index contributed by atoms with van der Waals surface area (Å²) >= 11 is 0. The van der Waals surface area contributed by atoms with E-state index in [0.717, 1.165) is 0 Å². The van der Waals surface area contributed by atoms with Gasteiger partial charge in [0.2, 0.25) is 0 Å². The summed E-state index contributed by atoms with van der Waals surface area (Å²) in [6.45, 7) is 6.58. The predicted molar refractivity (Wildman–Crippen MR) is 51.1 cm³/mol. The van der Waals surface area contributed by atoms with Crippen LogP contribution in [0.15, 0.2) is 0 Å². The van der Waals surface area contributed by atoms with E-state index in [9.17, 15) is 4.79 Å². The van der Waals surface area contributed by atoms with Crippen molar-refractivity contribution < 1.29 is 9.53 Å². The lowest BCUT2D eigenvalue weighted by Gasteiger charge is -2.24. The van der Waals surface area contributed by atoms with E-state index in [1.165, 1.54) is 4.90 Å². The lowest BCUT2D eigenvalue weighted by atomic mass is 10.2. The number of likely N-dealkylation sites (N-methyl/N-ethyl adjacent to an activating group) is 1. The zero-order chi connectivity index (χ0) is 10.5. The summed E-state index contributed by atoms with van der Waals surface area (Å²) in [5.41, 5.74) is 2.02. The van der Waals surface area contributed by atoms with Gasteiger partial charge in [0.1, 0.15) is 5.60 Å². The smallest absolute Gasteiger partial charge is 0.410 e. The Morgan fingerprint density at radius 1 is 1.54 bits per heavy atom. The molecule has 1 amide bonds. The maximum atomic E-state index is 11.3. The highest BCUT2D eigenvalue weighted by Crippen LogP contribution is 2.08. The van der Waals surface area contributed by atoms with E-state index in [-0.39, 0.29) is 6.09 Å². The number of amides is 1. The van der Waals surface area contributed by atoms with Gasteiger partial charge in [-0.1, -0.05) is 0 Å². The highest BCUT2D eigenvalue weighted by Gasteiger charge is 2.18. The Labute approximate surface area is 79.2 Å². The van der Waals surface area contributed by atoms with E-state index in [0.29, 0.717) is 13.1 Å². The number of hydrogen-bond donors (Lipinski definition) is 2. The van der Waals surface area contributed by atoms with Crippen molar-refractivity contribution in [3.8, 4) is 0 Å². The minimum Gasteiger partial charge on any atom is -0.444 e. The quantitative estimate of drug-likeness (QED) is 0.495. The summed E-state index contributed by atoms with van der Waals surface area (Å²) < 4.78 is 5.11. The molecule has 3 N–H and O–H groups in total. The molecule has 0 aromatic carbocycles. The summed E-state index contributed by atoms with van der Waals surface area (Å²) in [6.07, 6.45) is -0.331. The van der Waals surface area contributed by atoms with Gasteiger partial charge in [0.25, 0.3) is 0 Å². The van der Waals surface area contributed by atoms with Gasteiger partial charge in [0.15, 0.2) is 0 Å². The molecule has 0 bridgehead atoms. The van der Waals surface area contributed by atoms with Crippen molar-refractivity contribution >= 4 is 6.09 Å². The lowest BCUT2D eigenvalue weighted by molar-refractivity contribution is 0.0301. The fraction of sp³-hybridized carbons (Fsp3) is 0.875. The Kier molecular flexibility index (Phi) is 4.72. The molecule has 5 nitrogen and oxygen atoms in total. The number of hydrazine groups is 1. The van der Waals surface area contributed by atoms with Gasteiger partial charge in [-0.3, -0.25) is 11.3 Å². The van der Waals surface area contributed by atoms with Crippen molar-refractivity contribution in [2.45, 2.75) is 26.4 Å². The molecule has 0 atom stereocenters. The van der Waals surface area contributed by atoms with Gasteiger partial charge in [0, 0.05) is 20.1 Å². The van der Waals surface area contributed by atoms with Crippen LogP contribution < -0.4 is 11.3 Å². The standard InChI is InChI=1S/C8H19N3O2/c1-8(2,3)13-7(12)11(4)6-5-10-9/h10H,5-6,9H2,1-4H3. The van der Waals surface area contributed by atoms with Crippen LogP contribution in [0.4, 0.5) is 4.79 Å². The van der Waals surface area contributed by atoms with Crippen LogP contribution in [0.5, 0.6) is 0 Å². The molecular formula is C8H19N3O2. The zero-order valence-electron chi connectivity index (χ0n) is 8.76. The van der Waals surface area contributed by atoms with Crippen molar-refractivity contribution in [1.29, 1.82) is 0 Å². The van der Waals surface area contributed by atoms with E-state index in [1.807, 2.05) is 20.8 Å². The highest BCUT2D eigenvalue weighted by molar-refractivity contribution is 5.67. The minimum atomic E-state index is -0.443. The summed E-state index contributed by atoms with van der Waals surface area (Å²) in [5.74, 6) is 5.08. The fourth-order valence-electron chi connectivity index (χ4n) is 0.663. The first-order valence-corrected chi connectivity index (χ1v) is 4.24. The second-order valence-electron chi connectivity index (χ2n) is 3.86. The normalized spacial score (nSPS) is 11.2. The predicted octanol–water partition coefficient (Wildman–Crippen LogP) is 0.317. The molecule has 0 aliphatic rings. The molecule has 0 unspecified atom stereocenters. The first-order valence-electron chi connectivity index (χ1n) is 4.24. The number of carbonyl (C=O) groups is 1. The largest absolute Gasteiger partial charge is 0.444 e. The van der Waals surface area contributed by atoms with Gasteiger partial charge in [-0.25, -0.2) is 4.79 Å². The minimum absolute atomic E-state index is 0.331. The third-order valence-electron chi connectivity index (χ3n) is 1.30. The molecule has 0 aromatic rings. The van der Waals surface area contributed by atoms with Crippen LogP contribution in [-0.4, -0.2) is 36.7 Å². The Balaban J connectivity index is 3.83. The Morgan fingerprint density at radius 3 is 2.46 bits per heavy atom. The number of carbonyl (C=O) groups excluding carboxylic acids is 1. The molecule has 0 spiro atoms. The maximum absolute atomic E-state index is 11.3. The van der Waals surface area contributed by atoms with Gasteiger partial charge in [-0.05, 0) is 20.8 Å². The van der Waals surface area contributed by atoms with Crippen molar-refractivity contribution in [1.82, 2.24) is 10.3 Å². The average molecular weight is 189 g/mol. The topological polar surface area (TPSA) is 67.6 Å². The molecule has 13 heavy (non-hydrogen) atoms. The average Bonchev–Trinajstić information content (AvgIpc) is 1.96. The van der Waals surface area contributed by atoms with E-state index >= 15 is 0 Å². The van der Waals surface area contributed by atoms with Crippen molar-refractivity contribution in [2.75, 3.05) is 20.1 Å². The van der Waals surface area contributed by atoms with Gasteiger partial charge in [0.05, 0.1) is 0 Å². The SMILES string of the molecule is CN(CCNN)C(=O)OC(C)(C)C. The van der Waals surface area contributed by atoms with Crippen molar-refractivity contribution in [3.63, 3.8) is 0 Å².